The number of rotatable bonds is 3. The number of aromatic nitrogens is 1. The standard InChI is InChI=1S/C35H23N/c1-2-12-25(13-3-1)33-22-21-26(23-36-33)34-29-16-6-8-18-31(29)35(32-19-9-7-17-30(32)34)28-20-10-14-24-11-4-5-15-27(24)28/h1-23H. The lowest BCUT2D eigenvalue weighted by Crippen LogP contribution is -1.92. The highest BCUT2D eigenvalue weighted by Gasteiger charge is 2.17. The number of nitrogens with zero attached hydrogens (tertiary/aromatic N) is 1. The van der Waals surface area contributed by atoms with E-state index >= 15 is 0 Å². The lowest BCUT2D eigenvalue weighted by atomic mass is 9.85. The van der Waals surface area contributed by atoms with Gasteiger partial charge < -0.3 is 0 Å². The smallest absolute Gasteiger partial charge is 0.0702 e. The maximum Gasteiger partial charge on any atom is 0.0702 e. The number of hydrogen-bond donors (Lipinski definition) is 0. The van der Waals surface area contributed by atoms with Crippen LogP contribution in [0.2, 0.25) is 0 Å². The molecule has 7 rings (SSSR count). The first-order chi connectivity index (χ1) is 17.9. The zero-order valence-corrected chi connectivity index (χ0v) is 19.7. The first kappa shape index (κ1) is 20.6. The van der Waals surface area contributed by atoms with Crippen LogP contribution in [-0.2, 0) is 0 Å². The molecule has 1 aromatic heterocycles. The summed E-state index contributed by atoms with van der Waals surface area (Å²) in [5.41, 5.74) is 7.04. The molecule has 1 heterocycles. The zero-order chi connectivity index (χ0) is 23.9. The Balaban J connectivity index is 1.54. The second kappa shape index (κ2) is 8.48. The van der Waals surface area contributed by atoms with E-state index in [2.05, 4.69) is 127 Å². The van der Waals surface area contributed by atoms with Crippen molar-refractivity contribution in [2.45, 2.75) is 0 Å². The molecule has 0 radical (unpaired) electrons. The molecule has 36 heavy (non-hydrogen) atoms. The summed E-state index contributed by atoms with van der Waals surface area (Å²) < 4.78 is 0. The van der Waals surface area contributed by atoms with Gasteiger partial charge in [-0.1, -0.05) is 127 Å². The largest absolute Gasteiger partial charge is 0.256 e. The van der Waals surface area contributed by atoms with E-state index in [9.17, 15) is 0 Å². The van der Waals surface area contributed by atoms with Crippen LogP contribution < -0.4 is 0 Å². The normalized spacial score (nSPS) is 11.3. The van der Waals surface area contributed by atoms with E-state index in [1.165, 1.54) is 49.0 Å². The van der Waals surface area contributed by atoms with Crippen molar-refractivity contribution in [2.24, 2.45) is 0 Å². The Morgan fingerprint density at radius 2 is 0.917 bits per heavy atom. The van der Waals surface area contributed by atoms with E-state index < -0.39 is 0 Å². The van der Waals surface area contributed by atoms with Crippen molar-refractivity contribution in [2.75, 3.05) is 0 Å². The molecule has 0 saturated carbocycles. The van der Waals surface area contributed by atoms with Crippen LogP contribution in [0, 0.1) is 0 Å². The van der Waals surface area contributed by atoms with Gasteiger partial charge in [-0.2, -0.15) is 0 Å². The van der Waals surface area contributed by atoms with Gasteiger partial charge in [0.05, 0.1) is 5.69 Å². The van der Waals surface area contributed by atoms with Crippen LogP contribution in [-0.4, -0.2) is 4.98 Å². The van der Waals surface area contributed by atoms with Crippen molar-refractivity contribution in [3.05, 3.63) is 140 Å². The molecule has 6 aromatic carbocycles. The summed E-state index contributed by atoms with van der Waals surface area (Å²) in [4.78, 5) is 4.86. The predicted octanol–water partition coefficient (Wildman–Crippen LogP) is 9.54. The second-order valence-corrected chi connectivity index (χ2v) is 9.17. The Hall–Kier alpha value is -4.75. The van der Waals surface area contributed by atoms with Crippen LogP contribution >= 0.6 is 0 Å². The van der Waals surface area contributed by atoms with Crippen molar-refractivity contribution < 1.29 is 0 Å². The van der Waals surface area contributed by atoms with Crippen LogP contribution in [0.5, 0.6) is 0 Å². The molecule has 0 saturated heterocycles. The van der Waals surface area contributed by atoms with Crippen molar-refractivity contribution in [3.8, 4) is 33.5 Å². The Kier molecular flexibility index (Phi) is 4.85. The van der Waals surface area contributed by atoms with E-state index in [1.54, 1.807) is 0 Å². The maximum atomic E-state index is 4.86. The molecule has 0 bridgehead atoms. The molecule has 0 amide bonds. The highest BCUT2D eigenvalue weighted by atomic mass is 14.7. The number of hydrogen-bond acceptors (Lipinski definition) is 1. The molecule has 0 aliphatic rings. The van der Waals surface area contributed by atoms with Crippen LogP contribution in [0.4, 0.5) is 0 Å². The molecule has 0 spiro atoms. The molecule has 168 valence electrons. The average Bonchev–Trinajstić information content (AvgIpc) is 2.96. The summed E-state index contributed by atoms with van der Waals surface area (Å²) in [5.74, 6) is 0. The van der Waals surface area contributed by atoms with Gasteiger partial charge in [-0.15, -0.1) is 0 Å². The summed E-state index contributed by atoms with van der Waals surface area (Å²) in [6, 6.07) is 47.5. The maximum absolute atomic E-state index is 4.86. The zero-order valence-electron chi connectivity index (χ0n) is 19.7. The number of pyridine rings is 1. The number of fused-ring (bicyclic) bond motifs is 3. The molecule has 7 aromatic rings. The molecule has 0 unspecified atom stereocenters. The van der Waals surface area contributed by atoms with Crippen LogP contribution in [0.3, 0.4) is 0 Å². The third kappa shape index (κ3) is 3.29. The minimum absolute atomic E-state index is 0.986. The second-order valence-electron chi connectivity index (χ2n) is 9.17. The summed E-state index contributed by atoms with van der Waals surface area (Å²) in [5, 5.41) is 7.54. The highest BCUT2D eigenvalue weighted by Crippen LogP contribution is 2.45. The van der Waals surface area contributed by atoms with Gasteiger partial charge in [0.25, 0.3) is 0 Å². The van der Waals surface area contributed by atoms with Gasteiger partial charge in [0.1, 0.15) is 0 Å². The van der Waals surface area contributed by atoms with Crippen molar-refractivity contribution in [3.63, 3.8) is 0 Å². The van der Waals surface area contributed by atoms with E-state index in [1.807, 2.05) is 12.3 Å². The average molecular weight is 458 g/mol. The molecule has 1 heteroatoms. The van der Waals surface area contributed by atoms with Crippen LogP contribution in [0.25, 0.3) is 65.8 Å². The molecule has 0 aliphatic carbocycles. The van der Waals surface area contributed by atoms with Gasteiger partial charge in [-0.05, 0) is 55.1 Å². The van der Waals surface area contributed by atoms with Gasteiger partial charge in [0, 0.05) is 17.3 Å². The van der Waals surface area contributed by atoms with Crippen LogP contribution in [0.15, 0.2) is 140 Å². The first-order valence-corrected chi connectivity index (χ1v) is 12.3. The molecule has 0 aliphatic heterocycles. The summed E-state index contributed by atoms with van der Waals surface area (Å²) >= 11 is 0. The van der Waals surface area contributed by atoms with E-state index in [0.717, 1.165) is 16.8 Å². The highest BCUT2D eigenvalue weighted by molar-refractivity contribution is 6.23. The third-order valence-corrected chi connectivity index (χ3v) is 7.11. The van der Waals surface area contributed by atoms with Gasteiger partial charge in [-0.25, -0.2) is 0 Å². The molecular formula is C35H23N. The quantitative estimate of drug-likeness (QED) is 0.241. The predicted molar refractivity (Wildman–Crippen MR) is 153 cm³/mol. The lowest BCUT2D eigenvalue weighted by Gasteiger charge is -2.18. The summed E-state index contributed by atoms with van der Waals surface area (Å²) in [6.45, 7) is 0. The van der Waals surface area contributed by atoms with Crippen molar-refractivity contribution in [1.82, 2.24) is 4.98 Å². The Morgan fingerprint density at radius 3 is 1.56 bits per heavy atom. The van der Waals surface area contributed by atoms with Crippen LogP contribution in [0.1, 0.15) is 0 Å². The fraction of sp³-hybridized carbons (Fsp3) is 0. The van der Waals surface area contributed by atoms with E-state index in [4.69, 9.17) is 4.98 Å². The third-order valence-electron chi connectivity index (χ3n) is 7.11. The Morgan fingerprint density at radius 1 is 0.361 bits per heavy atom. The summed E-state index contributed by atoms with van der Waals surface area (Å²) in [7, 11) is 0. The molecule has 0 fully saturated rings. The Bertz CT molecular complexity index is 1800. The number of benzene rings is 6. The summed E-state index contributed by atoms with van der Waals surface area (Å²) in [6.07, 6.45) is 2.02. The lowest BCUT2D eigenvalue weighted by molar-refractivity contribution is 1.33. The van der Waals surface area contributed by atoms with Crippen molar-refractivity contribution >= 4 is 32.3 Å². The molecule has 0 atom stereocenters. The fourth-order valence-corrected chi connectivity index (χ4v) is 5.49. The Labute approximate surface area is 210 Å². The monoisotopic (exact) mass is 457 g/mol. The SMILES string of the molecule is c1ccc(-c2ccc(-c3c4ccccc4c(-c4cccc5ccccc45)c4ccccc34)cn2)cc1. The van der Waals surface area contributed by atoms with Gasteiger partial charge in [0.2, 0.25) is 0 Å². The van der Waals surface area contributed by atoms with E-state index in [-0.39, 0.29) is 0 Å². The molecule has 0 N–H and O–H groups in total. The topological polar surface area (TPSA) is 12.9 Å². The van der Waals surface area contributed by atoms with Crippen molar-refractivity contribution in [1.29, 1.82) is 0 Å². The first-order valence-electron chi connectivity index (χ1n) is 12.3. The van der Waals surface area contributed by atoms with Gasteiger partial charge in [-0.3, -0.25) is 4.98 Å². The minimum atomic E-state index is 0.986. The minimum Gasteiger partial charge on any atom is -0.256 e. The van der Waals surface area contributed by atoms with E-state index in [0.29, 0.717) is 0 Å². The van der Waals surface area contributed by atoms with Gasteiger partial charge in [0.15, 0.2) is 0 Å². The molecular weight excluding hydrogens is 434 g/mol. The fourth-order valence-electron chi connectivity index (χ4n) is 5.49. The van der Waals surface area contributed by atoms with Gasteiger partial charge >= 0.3 is 0 Å². The molecule has 1 nitrogen and oxygen atoms in total.